The molecule has 1 aliphatic heterocycles. The predicted molar refractivity (Wildman–Crippen MR) is 88.7 cm³/mol. The first kappa shape index (κ1) is 15.6. The molecule has 0 bridgehead atoms. The second-order valence-electron chi connectivity index (χ2n) is 6.42. The van der Waals surface area contributed by atoms with Gasteiger partial charge in [-0.3, -0.25) is 4.90 Å². The third-order valence-corrected chi connectivity index (χ3v) is 5.11. The summed E-state index contributed by atoms with van der Waals surface area (Å²) < 4.78 is 11.0. The molecule has 1 N–H and O–H groups in total. The van der Waals surface area contributed by atoms with Crippen molar-refractivity contribution in [2.45, 2.75) is 31.7 Å². The standard InChI is InChI=1S/C18H28N2O2/c1-21-16-11-15(12-17(13-16)22-2)18(14-5-3-4-6-14)20-9-7-19-8-10-20/h11-14,18-19H,3-10H2,1-2H3/t18-/m1/s1. The third kappa shape index (κ3) is 3.39. The Morgan fingerprint density at radius 3 is 2.14 bits per heavy atom. The van der Waals surface area contributed by atoms with Crippen LogP contribution in [0.1, 0.15) is 37.3 Å². The van der Waals surface area contributed by atoms with Gasteiger partial charge in [-0.25, -0.2) is 0 Å². The molecule has 4 nitrogen and oxygen atoms in total. The monoisotopic (exact) mass is 304 g/mol. The first-order valence-corrected chi connectivity index (χ1v) is 8.49. The van der Waals surface area contributed by atoms with E-state index in [0.717, 1.165) is 43.6 Å². The van der Waals surface area contributed by atoms with Gasteiger partial charge in [-0.2, -0.15) is 0 Å². The summed E-state index contributed by atoms with van der Waals surface area (Å²) in [5.74, 6) is 2.55. The van der Waals surface area contributed by atoms with Crippen LogP contribution in [0.25, 0.3) is 0 Å². The molecule has 1 saturated carbocycles. The SMILES string of the molecule is COc1cc(OC)cc([C@@H](C2CCCC2)N2CCNCC2)c1. The molecule has 2 fully saturated rings. The molecule has 1 aromatic rings. The summed E-state index contributed by atoms with van der Waals surface area (Å²) in [6, 6.07) is 6.86. The fourth-order valence-electron chi connectivity index (χ4n) is 4.01. The van der Waals surface area contributed by atoms with Crippen molar-refractivity contribution in [2.24, 2.45) is 5.92 Å². The average Bonchev–Trinajstić information content (AvgIpc) is 3.10. The van der Waals surface area contributed by atoms with Gasteiger partial charge in [-0.1, -0.05) is 12.8 Å². The minimum atomic E-state index is 0.494. The van der Waals surface area contributed by atoms with Crippen molar-refractivity contribution < 1.29 is 9.47 Å². The highest BCUT2D eigenvalue weighted by Crippen LogP contribution is 2.41. The van der Waals surface area contributed by atoms with Gasteiger partial charge in [0.2, 0.25) is 0 Å². The number of hydrogen-bond acceptors (Lipinski definition) is 4. The Morgan fingerprint density at radius 1 is 1.00 bits per heavy atom. The highest BCUT2D eigenvalue weighted by Gasteiger charge is 2.32. The van der Waals surface area contributed by atoms with Crippen LogP contribution in [-0.4, -0.2) is 45.3 Å². The van der Waals surface area contributed by atoms with Gasteiger partial charge in [0.25, 0.3) is 0 Å². The maximum absolute atomic E-state index is 5.49. The minimum absolute atomic E-state index is 0.494. The second kappa shape index (κ2) is 7.34. The summed E-state index contributed by atoms with van der Waals surface area (Å²) in [4.78, 5) is 2.65. The largest absolute Gasteiger partial charge is 0.497 e. The molecule has 1 heterocycles. The van der Waals surface area contributed by atoms with Crippen molar-refractivity contribution in [2.75, 3.05) is 40.4 Å². The first-order valence-electron chi connectivity index (χ1n) is 8.49. The summed E-state index contributed by atoms with van der Waals surface area (Å²) in [7, 11) is 3.46. The van der Waals surface area contributed by atoms with Crippen molar-refractivity contribution in [3.8, 4) is 11.5 Å². The highest BCUT2D eigenvalue weighted by molar-refractivity contribution is 5.40. The third-order valence-electron chi connectivity index (χ3n) is 5.11. The second-order valence-corrected chi connectivity index (χ2v) is 6.42. The number of benzene rings is 1. The zero-order valence-corrected chi connectivity index (χ0v) is 13.8. The lowest BCUT2D eigenvalue weighted by molar-refractivity contribution is 0.125. The van der Waals surface area contributed by atoms with Crippen LogP contribution in [-0.2, 0) is 0 Å². The number of nitrogens with zero attached hydrogens (tertiary/aromatic N) is 1. The fraction of sp³-hybridized carbons (Fsp3) is 0.667. The number of rotatable bonds is 5. The summed E-state index contributed by atoms with van der Waals surface area (Å²) >= 11 is 0. The Bertz CT molecular complexity index is 458. The summed E-state index contributed by atoms with van der Waals surface area (Å²) in [6.45, 7) is 4.43. The van der Waals surface area contributed by atoms with E-state index in [9.17, 15) is 0 Å². The molecule has 1 atom stereocenters. The molecule has 1 aliphatic carbocycles. The molecule has 122 valence electrons. The summed E-state index contributed by atoms with van der Waals surface area (Å²) in [5.41, 5.74) is 1.35. The molecule has 1 saturated heterocycles. The van der Waals surface area contributed by atoms with Crippen LogP contribution in [0.3, 0.4) is 0 Å². The van der Waals surface area contributed by atoms with E-state index in [1.54, 1.807) is 14.2 Å². The lowest BCUT2D eigenvalue weighted by Gasteiger charge is -2.39. The van der Waals surface area contributed by atoms with E-state index in [-0.39, 0.29) is 0 Å². The lowest BCUT2D eigenvalue weighted by atomic mass is 9.89. The molecule has 0 amide bonds. The van der Waals surface area contributed by atoms with Gasteiger partial charge in [-0.05, 0) is 36.5 Å². The van der Waals surface area contributed by atoms with Crippen LogP contribution < -0.4 is 14.8 Å². The molecule has 0 aromatic heterocycles. The number of piperazine rings is 1. The molecule has 22 heavy (non-hydrogen) atoms. The van der Waals surface area contributed by atoms with Crippen LogP contribution in [0, 0.1) is 5.92 Å². The van der Waals surface area contributed by atoms with E-state index in [1.807, 2.05) is 6.07 Å². The predicted octanol–water partition coefficient (Wildman–Crippen LogP) is 2.84. The highest BCUT2D eigenvalue weighted by atomic mass is 16.5. The molecule has 3 rings (SSSR count). The Kier molecular flexibility index (Phi) is 5.21. The average molecular weight is 304 g/mol. The van der Waals surface area contributed by atoms with Crippen molar-refractivity contribution >= 4 is 0 Å². The van der Waals surface area contributed by atoms with Gasteiger partial charge in [0.1, 0.15) is 11.5 Å². The molecule has 0 radical (unpaired) electrons. The Hall–Kier alpha value is -1.26. The van der Waals surface area contributed by atoms with E-state index in [4.69, 9.17) is 9.47 Å². The minimum Gasteiger partial charge on any atom is -0.497 e. The van der Waals surface area contributed by atoms with Crippen molar-refractivity contribution in [1.82, 2.24) is 10.2 Å². The van der Waals surface area contributed by atoms with Crippen molar-refractivity contribution in [1.29, 1.82) is 0 Å². The zero-order valence-electron chi connectivity index (χ0n) is 13.8. The number of nitrogens with one attached hydrogen (secondary N) is 1. The van der Waals surface area contributed by atoms with Gasteiger partial charge in [0.15, 0.2) is 0 Å². The van der Waals surface area contributed by atoms with E-state index in [1.165, 1.54) is 31.2 Å². The van der Waals surface area contributed by atoms with Crippen LogP contribution >= 0.6 is 0 Å². The number of ether oxygens (including phenoxy) is 2. The van der Waals surface area contributed by atoms with Crippen LogP contribution in [0.15, 0.2) is 18.2 Å². The number of methoxy groups -OCH3 is 2. The van der Waals surface area contributed by atoms with Crippen LogP contribution in [0.2, 0.25) is 0 Å². The lowest BCUT2D eigenvalue weighted by Crippen LogP contribution is -2.46. The molecule has 1 aromatic carbocycles. The molecule has 0 unspecified atom stereocenters. The van der Waals surface area contributed by atoms with Gasteiger partial charge in [-0.15, -0.1) is 0 Å². The van der Waals surface area contributed by atoms with Crippen molar-refractivity contribution in [3.63, 3.8) is 0 Å². The topological polar surface area (TPSA) is 33.7 Å². The smallest absolute Gasteiger partial charge is 0.122 e. The van der Waals surface area contributed by atoms with Crippen LogP contribution in [0.4, 0.5) is 0 Å². The Morgan fingerprint density at radius 2 is 1.59 bits per heavy atom. The van der Waals surface area contributed by atoms with E-state index in [0.29, 0.717) is 6.04 Å². The normalized spacial score (nSPS) is 21.7. The van der Waals surface area contributed by atoms with Gasteiger partial charge >= 0.3 is 0 Å². The van der Waals surface area contributed by atoms with E-state index < -0.39 is 0 Å². The summed E-state index contributed by atoms with van der Waals surface area (Å²) in [6.07, 6.45) is 5.42. The van der Waals surface area contributed by atoms with Gasteiger partial charge < -0.3 is 14.8 Å². The maximum Gasteiger partial charge on any atom is 0.122 e. The molecule has 2 aliphatic rings. The van der Waals surface area contributed by atoms with Crippen molar-refractivity contribution in [3.05, 3.63) is 23.8 Å². The quantitative estimate of drug-likeness (QED) is 0.907. The number of hydrogen-bond donors (Lipinski definition) is 1. The van der Waals surface area contributed by atoms with E-state index in [2.05, 4.69) is 22.3 Å². The van der Waals surface area contributed by atoms with Gasteiger partial charge in [0, 0.05) is 38.3 Å². The fourth-order valence-corrected chi connectivity index (χ4v) is 4.01. The molecule has 4 heteroatoms. The molecule has 0 spiro atoms. The first-order chi connectivity index (χ1) is 10.8. The molecular weight excluding hydrogens is 276 g/mol. The summed E-state index contributed by atoms with van der Waals surface area (Å²) in [5, 5.41) is 3.47. The van der Waals surface area contributed by atoms with Crippen LogP contribution in [0.5, 0.6) is 11.5 Å². The maximum atomic E-state index is 5.49. The Balaban J connectivity index is 1.93. The van der Waals surface area contributed by atoms with Gasteiger partial charge in [0.05, 0.1) is 14.2 Å². The van der Waals surface area contributed by atoms with E-state index >= 15 is 0 Å². The molecular formula is C18H28N2O2. The Labute approximate surface area is 133 Å². The zero-order chi connectivity index (χ0) is 15.4.